The minimum Gasteiger partial charge on any atom is -0.404 e. The van der Waals surface area contributed by atoms with Crippen molar-refractivity contribution < 1.29 is 0 Å². The lowest BCUT2D eigenvalue weighted by Gasteiger charge is -2.02. The first-order chi connectivity index (χ1) is 6.27. The first kappa shape index (κ1) is 9.59. The predicted molar refractivity (Wildman–Crippen MR) is 58.2 cm³/mol. The van der Waals surface area contributed by atoms with Crippen molar-refractivity contribution in [3.63, 3.8) is 0 Å². The van der Waals surface area contributed by atoms with E-state index < -0.39 is 0 Å². The molecule has 1 nitrogen and oxygen atoms in total. The van der Waals surface area contributed by atoms with E-state index in [9.17, 15) is 0 Å². The largest absolute Gasteiger partial charge is 0.404 e. The average molecular weight is 173 g/mol. The Morgan fingerprint density at radius 1 is 1.38 bits per heavy atom. The van der Waals surface area contributed by atoms with Gasteiger partial charge in [-0.2, -0.15) is 0 Å². The van der Waals surface area contributed by atoms with Crippen LogP contribution in [0.3, 0.4) is 0 Å². The Morgan fingerprint density at radius 3 is 2.69 bits per heavy atom. The fraction of sp³-hybridized carbons (Fsp3) is 0.167. The standard InChI is InChI=1S/C12H15N/c1-3-5-12(9-13)11-7-4-6-10(2)8-11/h3-9H,13H2,1-2H3/b5-3-,12-9+. The number of benzene rings is 1. The van der Waals surface area contributed by atoms with E-state index in [0.29, 0.717) is 0 Å². The van der Waals surface area contributed by atoms with Crippen LogP contribution in [-0.2, 0) is 0 Å². The van der Waals surface area contributed by atoms with Crippen molar-refractivity contribution in [1.29, 1.82) is 0 Å². The van der Waals surface area contributed by atoms with Gasteiger partial charge in [0.15, 0.2) is 0 Å². The van der Waals surface area contributed by atoms with Crippen LogP contribution in [-0.4, -0.2) is 0 Å². The highest BCUT2D eigenvalue weighted by molar-refractivity contribution is 5.73. The summed E-state index contributed by atoms with van der Waals surface area (Å²) in [6.07, 6.45) is 5.63. The molecule has 2 N–H and O–H groups in total. The fourth-order valence-corrected chi connectivity index (χ4v) is 1.25. The Labute approximate surface area is 79.6 Å². The molecule has 13 heavy (non-hydrogen) atoms. The minimum absolute atomic E-state index is 1.06. The van der Waals surface area contributed by atoms with Crippen LogP contribution in [0.4, 0.5) is 0 Å². The van der Waals surface area contributed by atoms with Gasteiger partial charge in [0.25, 0.3) is 0 Å². The Hall–Kier alpha value is -1.50. The first-order valence-electron chi connectivity index (χ1n) is 4.39. The van der Waals surface area contributed by atoms with Crippen LogP contribution < -0.4 is 5.73 Å². The molecule has 0 bridgehead atoms. The SMILES string of the molecule is C/C=C\C(=C/N)c1cccc(C)c1. The van der Waals surface area contributed by atoms with Crippen LogP contribution in [0, 0.1) is 6.92 Å². The molecule has 0 spiro atoms. The van der Waals surface area contributed by atoms with Crippen LogP contribution in [0.1, 0.15) is 18.1 Å². The predicted octanol–water partition coefficient (Wildman–Crippen LogP) is 2.87. The summed E-state index contributed by atoms with van der Waals surface area (Å²) in [6, 6.07) is 8.30. The van der Waals surface area contributed by atoms with E-state index in [2.05, 4.69) is 25.1 Å². The first-order valence-corrected chi connectivity index (χ1v) is 4.39. The lowest BCUT2D eigenvalue weighted by Crippen LogP contribution is -1.87. The van der Waals surface area contributed by atoms with Gasteiger partial charge < -0.3 is 5.73 Å². The van der Waals surface area contributed by atoms with Gasteiger partial charge in [-0.25, -0.2) is 0 Å². The quantitative estimate of drug-likeness (QED) is 0.684. The molecular weight excluding hydrogens is 158 g/mol. The molecular formula is C12H15N. The number of nitrogens with two attached hydrogens (primary N) is 1. The Kier molecular flexibility index (Phi) is 3.32. The molecule has 68 valence electrons. The molecule has 0 aliphatic rings. The van der Waals surface area contributed by atoms with Gasteiger partial charge >= 0.3 is 0 Å². The summed E-state index contributed by atoms with van der Waals surface area (Å²) in [5.41, 5.74) is 9.01. The molecule has 0 saturated carbocycles. The number of aryl methyl sites for hydroxylation is 1. The van der Waals surface area contributed by atoms with E-state index in [4.69, 9.17) is 5.73 Å². The normalized spacial score (nSPS) is 12.3. The molecule has 1 heteroatoms. The summed E-state index contributed by atoms with van der Waals surface area (Å²) in [5, 5.41) is 0. The maximum atomic E-state index is 5.53. The van der Waals surface area contributed by atoms with Crippen LogP contribution in [0.2, 0.25) is 0 Å². The number of allylic oxidation sites excluding steroid dienone is 3. The Balaban J connectivity index is 3.06. The van der Waals surface area contributed by atoms with Crippen molar-refractivity contribution in [2.24, 2.45) is 5.73 Å². The van der Waals surface area contributed by atoms with Crippen LogP contribution >= 0.6 is 0 Å². The van der Waals surface area contributed by atoms with Crippen LogP contribution in [0.25, 0.3) is 5.57 Å². The van der Waals surface area contributed by atoms with Crippen molar-refractivity contribution in [3.05, 3.63) is 53.7 Å². The highest BCUT2D eigenvalue weighted by atomic mass is 14.5. The highest BCUT2D eigenvalue weighted by Crippen LogP contribution is 2.15. The van der Waals surface area contributed by atoms with E-state index in [1.165, 1.54) is 11.1 Å². The molecule has 0 saturated heterocycles. The fourth-order valence-electron chi connectivity index (χ4n) is 1.25. The smallest absolute Gasteiger partial charge is 0.00174 e. The van der Waals surface area contributed by atoms with Gasteiger partial charge in [-0.15, -0.1) is 0 Å². The third kappa shape index (κ3) is 2.48. The van der Waals surface area contributed by atoms with Crippen molar-refractivity contribution in [3.8, 4) is 0 Å². The second kappa shape index (κ2) is 4.51. The Morgan fingerprint density at radius 2 is 2.15 bits per heavy atom. The molecule has 0 radical (unpaired) electrons. The number of hydrogen-bond acceptors (Lipinski definition) is 1. The molecule has 0 heterocycles. The molecule has 0 unspecified atom stereocenters. The van der Waals surface area contributed by atoms with Gasteiger partial charge in [-0.05, 0) is 25.0 Å². The molecule has 1 rings (SSSR count). The summed E-state index contributed by atoms with van der Waals surface area (Å²) in [7, 11) is 0. The summed E-state index contributed by atoms with van der Waals surface area (Å²) in [6.45, 7) is 4.06. The topological polar surface area (TPSA) is 26.0 Å². The summed E-state index contributed by atoms with van der Waals surface area (Å²) in [5.74, 6) is 0. The molecule has 0 aliphatic heterocycles. The van der Waals surface area contributed by atoms with Gasteiger partial charge in [-0.1, -0.05) is 42.0 Å². The van der Waals surface area contributed by atoms with Crippen LogP contribution in [0.5, 0.6) is 0 Å². The molecule has 0 aliphatic carbocycles. The van der Waals surface area contributed by atoms with E-state index in [1.54, 1.807) is 6.20 Å². The number of rotatable bonds is 2. The third-order valence-corrected chi connectivity index (χ3v) is 1.88. The van der Waals surface area contributed by atoms with Crippen molar-refractivity contribution >= 4 is 5.57 Å². The molecule has 0 atom stereocenters. The maximum Gasteiger partial charge on any atom is 0.00174 e. The summed E-state index contributed by atoms with van der Waals surface area (Å²) in [4.78, 5) is 0. The highest BCUT2D eigenvalue weighted by Gasteiger charge is 1.95. The minimum atomic E-state index is 1.06. The zero-order valence-corrected chi connectivity index (χ0v) is 8.12. The maximum absolute atomic E-state index is 5.53. The monoisotopic (exact) mass is 173 g/mol. The second-order valence-corrected chi connectivity index (χ2v) is 2.99. The average Bonchev–Trinajstić information content (AvgIpc) is 2.14. The van der Waals surface area contributed by atoms with Gasteiger partial charge in [0.05, 0.1) is 0 Å². The van der Waals surface area contributed by atoms with E-state index in [0.717, 1.165) is 5.57 Å². The lowest BCUT2D eigenvalue weighted by molar-refractivity contribution is 1.44. The molecule has 0 amide bonds. The molecule has 0 aromatic heterocycles. The number of hydrogen-bond donors (Lipinski definition) is 1. The van der Waals surface area contributed by atoms with Crippen molar-refractivity contribution in [2.75, 3.05) is 0 Å². The Bertz CT molecular complexity index is 335. The molecule has 0 fully saturated rings. The van der Waals surface area contributed by atoms with E-state index in [1.807, 2.05) is 25.1 Å². The summed E-state index contributed by atoms with van der Waals surface area (Å²) >= 11 is 0. The van der Waals surface area contributed by atoms with Gasteiger partial charge in [0, 0.05) is 6.20 Å². The van der Waals surface area contributed by atoms with Gasteiger partial charge in [0.1, 0.15) is 0 Å². The van der Waals surface area contributed by atoms with Gasteiger partial charge in [0.2, 0.25) is 0 Å². The molecule has 1 aromatic rings. The van der Waals surface area contributed by atoms with Crippen LogP contribution in [0.15, 0.2) is 42.6 Å². The van der Waals surface area contributed by atoms with Gasteiger partial charge in [-0.3, -0.25) is 0 Å². The zero-order valence-electron chi connectivity index (χ0n) is 8.12. The lowest BCUT2D eigenvalue weighted by atomic mass is 10.0. The summed E-state index contributed by atoms with van der Waals surface area (Å²) < 4.78 is 0. The molecule has 1 aromatic carbocycles. The zero-order chi connectivity index (χ0) is 9.68. The van der Waals surface area contributed by atoms with Crippen molar-refractivity contribution in [2.45, 2.75) is 13.8 Å². The third-order valence-electron chi connectivity index (χ3n) is 1.88. The van der Waals surface area contributed by atoms with Crippen molar-refractivity contribution in [1.82, 2.24) is 0 Å². The van der Waals surface area contributed by atoms with E-state index in [-0.39, 0.29) is 0 Å². The van der Waals surface area contributed by atoms with E-state index >= 15 is 0 Å². The second-order valence-electron chi connectivity index (χ2n) is 2.99.